The van der Waals surface area contributed by atoms with E-state index in [-0.39, 0.29) is 29.7 Å². The number of hydrogen-bond donors (Lipinski definition) is 2. The van der Waals surface area contributed by atoms with Crippen LogP contribution in [0.15, 0.2) is 11.4 Å². The molecule has 1 amide bonds. The Morgan fingerprint density at radius 3 is 2.79 bits per heavy atom. The van der Waals surface area contributed by atoms with Crippen molar-refractivity contribution in [2.75, 3.05) is 17.7 Å². The van der Waals surface area contributed by atoms with E-state index in [1.54, 1.807) is 13.8 Å². The minimum absolute atomic E-state index is 0.0815. The van der Waals surface area contributed by atoms with Crippen LogP contribution in [0.1, 0.15) is 39.7 Å². The third kappa shape index (κ3) is 4.65. The predicted octanol–water partition coefficient (Wildman–Crippen LogP) is 2.28. The average molecular weight is 368 g/mol. The fraction of sp³-hybridized carbons (Fsp3) is 0.357. The third-order valence-corrected chi connectivity index (χ3v) is 4.81. The number of anilines is 1. The maximum absolute atomic E-state index is 11.9. The molecule has 2 rings (SSSR count). The van der Waals surface area contributed by atoms with Gasteiger partial charge in [0.1, 0.15) is 5.69 Å². The highest BCUT2D eigenvalue weighted by Crippen LogP contribution is 2.23. The van der Waals surface area contributed by atoms with Crippen LogP contribution in [-0.2, 0) is 9.53 Å². The monoisotopic (exact) mass is 368 g/mol. The van der Waals surface area contributed by atoms with Crippen LogP contribution < -0.4 is 5.32 Å². The van der Waals surface area contributed by atoms with Gasteiger partial charge in [0.05, 0.1) is 29.1 Å². The molecule has 10 heteroatoms. The molecule has 2 aromatic heterocycles. The van der Waals surface area contributed by atoms with Crippen LogP contribution in [-0.4, -0.2) is 45.0 Å². The number of ketones is 1. The average Bonchev–Trinajstić information content (AvgIpc) is 3.12. The molecular weight excluding hydrogens is 352 g/mol. The summed E-state index contributed by atoms with van der Waals surface area (Å²) >= 11 is 2.29. The molecule has 0 radical (unpaired) electrons. The van der Waals surface area contributed by atoms with Gasteiger partial charge in [-0.3, -0.25) is 9.59 Å². The van der Waals surface area contributed by atoms with Gasteiger partial charge in [-0.05, 0) is 13.8 Å². The lowest BCUT2D eigenvalue weighted by Crippen LogP contribution is -2.14. The number of thiazole rings is 1. The number of esters is 1. The summed E-state index contributed by atoms with van der Waals surface area (Å²) in [6.45, 7) is 5.17. The number of imidazole rings is 1. The topological polar surface area (TPSA) is 114 Å². The molecule has 0 aliphatic carbocycles. The molecule has 0 spiro atoms. The van der Waals surface area contributed by atoms with Crippen molar-refractivity contribution in [3.63, 3.8) is 0 Å². The lowest BCUT2D eigenvalue weighted by molar-refractivity contribution is -0.113. The summed E-state index contributed by atoms with van der Waals surface area (Å²) in [4.78, 5) is 46.3. The number of nitrogens with zero attached hydrogens (tertiary/aromatic N) is 2. The number of rotatable bonds is 7. The van der Waals surface area contributed by atoms with Gasteiger partial charge in [-0.2, -0.15) is 0 Å². The maximum Gasteiger partial charge on any atom is 0.356 e. The van der Waals surface area contributed by atoms with Crippen LogP contribution in [0.2, 0.25) is 0 Å². The fourth-order valence-corrected chi connectivity index (χ4v) is 3.28. The molecule has 0 saturated carbocycles. The number of carbonyl (C=O) groups is 3. The second kappa shape index (κ2) is 8.06. The lowest BCUT2D eigenvalue weighted by atomic mass is 10.3. The number of Topliss-reactive ketones (excluding diaryl/α,β-unsaturated/α-hetero) is 1. The number of hydrogen-bond acceptors (Lipinski definition) is 8. The summed E-state index contributed by atoms with van der Waals surface area (Å²) < 4.78 is 4.85. The Balaban J connectivity index is 1.88. The van der Waals surface area contributed by atoms with Gasteiger partial charge in [-0.15, -0.1) is 0 Å². The Kier molecular flexibility index (Phi) is 6.10. The molecular formula is C14H16N4O4S2. The number of aromatic amines is 1. The van der Waals surface area contributed by atoms with E-state index < -0.39 is 5.97 Å². The van der Waals surface area contributed by atoms with E-state index in [1.807, 2.05) is 0 Å². The van der Waals surface area contributed by atoms with Gasteiger partial charge >= 0.3 is 5.97 Å². The van der Waals surface area contributed by atoms with Crippen molar-refractivity contribution in [3.8, 4) is 0 Å². The minimum atomic E-state index is -0.490. The van der Waals surface area contributed by atoms with Gasteiger partial charge in [0.15, 0.2) is 16.1 Å². The second-order valence-electron chi connectivity index (χ2n) is 4.65. The molecule has 0 unspecified atom stereocenters. The van der Waals surface area contributed by atoms with Gasteiger partial charge in [-0.1, -0.05) is 23.1 Å². The van der Waals surface area contributed by atoms with Crippen molar-refractivity contribution in [1.82, 2.24) is 15.0 Å². The van der Waals surface area contributed by atoms with Crippen molar-refractivity contribution >= 4 is 45.9 Å². The molecule has 0 atom stereocenters. The summed E-state index contributed by atoms with van der Waals surface area (Å²) in [5, 5.41) is 3.46. The highest BCUT2D eigenvalue weighted by atomic mass is 32.2. The quantitative estimate of drug-likeness (QED) is 0.438. The first-order valence-electron chi connectivity index (χ1n) is 7.03. The number of aryl methyl sites for hydroxylation is 1. The number of H-pyrrole nitrogens is 1. The SMILES string of the molecule is CCOC(=O)c1cnc(SCC(=O)Nc2nc(C)c(C(C)=O)s2)[nH]1. The number of aromatic nitrogens is 3. The molecule has 0 fully saturated rings. The molecule has 128 valence electrons. The molecule has 2 heterocycles. The Labute approximate surface area is 146 Å². The molecule has 8 nitrogen and oxygen atoms in total. The van der Waals surface area contributed by atoms with Gasteiger partial charge in [0.25, 0.3) is 0 Å². The van der Waals surface area contributed by atoms with E-state index in [4.69, 9.17) is 4.74 Å². The van der Waals surface area contributed by atoms with Crippen LogP contribution in [0.4, 0.5) is 5.13 Å². The Morgan fingerprint density at radius 1 is 1.42 bits per heavy atom. The zero-order valence-corrected chi connectivity index (χ0v) is 15.0. The summed E-state index contributed by atoms with van der Waals surface area (Å²) in [7, 11) is 0. The molecule has 0 bridgehead atoms. The molecule has 2 N–H and O–H groups in total. The number of nitrogens with one attached hydrogen (secondary N) is 2. The Hall–Kier alpha value is -2.20. The lowest BCUT2D eigenvalue weighted by Gasteiger charge is -2.00. The first-order valence-corrected chi connectivity index (χ1v) is 8.84. The number of ether oxygens (including phenoxy) is 1. The minimum Gasteiger partial charge on any atom is -0.461 e. The molecule has 24 heavy (non-hydrogen) atoms. The molecule has 0 aliphatic heterocycles. The first-order chi connectivity index (χ1) is 11.4. The first kappa shape index (κ1) is 18.1. The number of amides is 1. The summed E-state index contributed by atoms with van der Waals surface area (Å²) in [6.07, 6.45) is 1.36. The molecule has 2 aromatic rings. The zero-order valence-electron chi connectivity index (χ0n) is 13.3. The Morgan fingerprint density at radius 2 is 2.17 bits per heavy atom. The number of carbonyl (C=O) groups excluding carboxylic acids is 3. The van der Waals surface area contributed by atoms with Crippen molar-refractivity contribution in [3.05, 3.63) is 22.5 Å². The van der Waals surface area contributed by atoms with E-state index >= 15 is 0 Å². The van der Waals surface area contributed by atoms with Crippen molar-refractivity contribution in [2.45, 2.75) is 25.9 Å². The Bertz CT molecular complexity index is 769. The molecule has 0 aliphatic rings. The summed E-state index contributed by atoms with van der Waals surface area (Å²) in [5.74, 6) is -0.764. The van der Waals surface area contributed by atoms with Crippen LogP contribution in [0.3, 0.4) is 0 Å². The standard InChI is InChI=1S/C14H16N4O4S2/c1-4-22-12(21)9-5-15-13(17-9)23-6-10(20)18-14-16-7(2)11(24-14)8(3)19/h5H,4,6H2,1-3H3,(H,15,17)(H,16,18,20). The van der Waals surface area contributed by atoms with Gasteiger partial charge in [0.2, 0.25) is 5.91 Å². The van der Waals surface area contributed by atoms with E-state index in [9.17, 15) is 14.4 Å². The van der Waals surface area contributed by atoms with Crippen LogP contribution in [0, 0.1) is 6.92 Å². The van der Waals surface area contributed by atoms with Crippen molar-refractivity contribution in [1.29, 1.82) is 0 Å². The smallest absolute Gasteiger partial charge is 0.356 e. The van der Waals surface area contributed by atoms with Crippen molar-refractivity contribution < 1.29 is 19.1 Å². The van der Waals surface area contributed by atoms with Gasteiger partial charge < -0.3 is 15.0 Å². The van der Waals surface area contributed by atoms with Crippen LogP contribution in [0.5, 0.6) is 0 Å². The highest BCUT2D eigenvalue weighted by molar-refractivity contribution is 7.99. The third-order valence-electron chi connectivity index (χ3n) is 2.75. The van der Waals surface area contributed by atoms with E-state index in [1.165, 1.54) is 13.1 Å². The maximum atomic E-state index is 11.9. The van der Waals surface area contributed by atoms with Crippen LogP contribution in [0.25, 0.3) is 0 Å². The van der Waals surface area contributed by atoms with E-state index in [0.717, 1.165) is 23.1 Å². The second-order valence-corrected chi connectivity index (χ2v) is 6.61. The van der Waals surface area contributed by atoms with E-state index in [0.29, 0.717) is 20.9 Å². The van der Waals surface area contributed by atoms with Gasteiger partial charge in [0, 0.05) is 6.92 Å². The summed E-state index contributed by atoms with van der Waals surface area (Å²) in [5.41, 5.74) is 0.835. The normalized spacial score (nSPS) is 10.5. The largest absolute Gasteiger partial charge is 0.461 e. The fourth-order valence-electron chi connectivity index (χ4n) is 1.75. The van der Waals surface area contributed by atoms with Crippen LogP contribution >= 0.6 is 23.1 Å². The van der Waals surface area contributed by atoms with E-state index in [2.05, 4.69) is 20.3 Å². The molecule has 0 saturated heterocycles. The van der Waals surface area contributed by atoms with Crippen molar-refractivity contribution in [2.24, 2.45) is 0 Å². The summed E-state index contributed by atoms with van der Waals surface area (Å²) in [6, 6.07) is 0. The number of thioether (sulfide) groups is 1. The zero-order chi connectivity index (χ0) is 17.7. The predicted molar refractivity (Wildman–Crippen MR) is 90.8 cm³/mol. The molecule has 0 aromatic carbocycles. The van der Waals surface area contributed by atoms with Gasteiger partial charge in [-0.25, -0.2) is 14.8 Å². The highest BCUT2D eigenvalue weighted by Gasteiger charge is 2.15.